The largest absolute Gasteiger partial charge is 0.479 e. The van der Waals surface area contributed by atoms with E-state index in [-0.39, 0.29) is 41.8 Å². The van der Waals surface area contributed by atoms with E-state index in [4.69, 9.17) is 4.74 Å². The van der Waals surface area contributed by atoms with E-state index in [0.717, 1.165) is 29.5 Å². The lowest BCUT2D eigenvalue weighted by molar-refractivity contribution is -0.137. The van der Waals surface area contributed by atoms with Gasteiger partial charge in [-0.3, -0.25) is 5.32 Å². The van der Waals surface area contributed by atoms with E-state index >= 15 is 0 Å². The van der Waals surface area contributed by atoms with Gasteiger partial charge in [-0.15, -0.1) is 0 Å². The minimum atomic E-state index is -4.64. The van der Waals surface area contributed by atoms with Crippen molar-refractivity contribution in [2.24, 2.45) is 0 Å². The number of halogens is 3. The summed E-state index contributed by atoms with van der Waals surface area (Å²) in [4.78, 5) is 26.5. The lowest BCUT2D eigenvalue weighted by atomic mass is 10.1. The number of rotatable bonds is 4. The topological polar surface area (TPSA) is 114 Å². The number of nitrogens with one attached hydrogen (secondary N) is 1. The molecule has 3 aromatic rings. The Balaban J connectivity index is 1.42. The second kappa shape index (κ2) is 8.74. The Labute approximate surface area is 190 Å². The van der Waals surface area contributed by atoms with Crippen molar-refractivity contribution in [1.82, 2.24) is 19.9 Å². The highest BCUT2D eigenvalue weighted by atomic mass is 32.2. The molecule has 1 N–H and O–H groups in total. The van der Waals surface area contributed by atoms with Gasteiger partial charge in [0, 0.05) is 13.1 Å². The average molecular weight is 502 g/mol. The predicted molar refractivity (Wildman–Crippen MR) is 114 cm³/mol. The van der Waals surface area contributed by atoms with E-state index in [1.807, 2.05) is 0 Å². The second-order valence-electron chi connectivity index (χ2n) is 7.24. The molecular formula is C19H18F3N5O4S2. The van der Waals surface area contributed by atoms with Crippen molar-refractivity contribution >= 4 is 42.7 Å². The van der Waals surface area contributed by atoms with E-state index in [1.165, 1.54) is 18.3 Å². The molecule has 3 heterocycles. The molecule has 1 fully saturated rings. The zero-order valence-corrected chi connectivity index (χ0v) is 18.8. The number of hydrogen-bond donors (Lipinski definition) is 1. The summed E-state index contributed by atoms with van der Waals surface area (Å²) in [5.74, 6) is 0.275. The van der Waals surface area contributed by atoms with E-state index in [1.54, 1.807) is 0 Å². The minimum absolute atomic E-state index is 0.102. The fourth-order valence-corrected chi connectivity index (χ4v) is 6.08. The zero-order valence-electron chi connectivity index (χ0n) is 17.2. The van der Waals surface area contributed by atoms with Crippen LogP contribution in [0.1, 0.15) is 18.4 Å². The number of thiazole rings is 1. The third kappa shape index (κ3) is 4.71. The van der Waals surface area contributed by atoms with Gasteiger partial charge in [0.05, 0.1) is 22.8 Å². The summed E-state index contributed by atoms with van der Waals surface area (Å²) in [5.41, 5.74) is -0.608. The average Bonchev–Trinajstić information content (AvgIpc) is 3.21. The number of carbonyl (C=O) groups is 1. The van der Waals surface area contributed by atoms with Crippen molar-refractivity contribution in [2.45, 2.75) is 29.2 Å². The first-order chi connectivity index (χ1) is 15.6. The Kier molecular flexibility index (Phi) is 6.14. The summed E-state index contributed by atoms with van der Waals surface area (Å²) >= 11 is 1.14. The first-order valence-corrected chi connectivity index (χ1v) is 12.1. The normalized spacial score (nSPS) is 15.6. The summed E-state index contributed by atoms with van der Waals surface area (Å²) in [6.07, 6.45) is -3.11. The molecule has 0 unspecified atom stereocenters. The summed E-state index contributed by atoms with van der Waals surface area (Å²) in [6, 6.07) is 3.26. The van der Waals surface area contributed by atoms with Crippen LogP contribution in [0.5, 0.6) is 5.88 Å². The number of methoxy groups -OCH3 is 1. The van der Waals surface area contributed by atoms with E-state index in [2.05, 4.69) is 20.3 Å². The molecule has 1 aliphatic heterocycles. The van der Waals surface area contributed by atoms with Crippen LogP contribution in [0.4, 0.5) is 23.1 Å². The van der Waals surface area contributed by atoms with Crippen molar-refractivity contribution in [2.75, 3.05) is 25.5 Å². The number of carbonyl (C=O) groups excluding carboxylic acids is 1. The van der Waals surface area contributed by atoms with E-state index in [0.29, 0.717) is 16.4 Å². The van der Waals surface area contributed by atoms with Gasteiger partial charge in [-0.05, 0) is 31.0 Å². The number of ether oxygens (including phenoxy) is 1. The maximum atomic E-state index is 13.0. The molecule has 0 radical (unpaired) electrons. The highest BCUT2D eigenvalue weighted by Crippen LogP contribution is 2.33. The highest BCUT2D eigenvalue weighted by Gasteiger charge is 2.36. The zero-order chi connectivity index (χ0) is 23.8. The lowest BCUT2D eigenvalue weighted by Gasteiger charge is -2.31. The van der Waals surface area contributed by atoms with Gasteiger partial charge in [-0.25, -0.2) is 23.2 Å². The first-order valence-electron chi connectivity index (χ1n) is 9.72. The molecule has 4 rings (SSSR count). The number of nitrogens with zero attached hydrogens (tertiary/aromatic N) is 4. The molecule has 1 aromatic carbocycles. The van der Waals surface area contributed by atoms with Crippen molar-refractivity contribution < 1.29 is 31.1 Å². The van der Waals surface area contributed by atoms with E-state index in [9.17, 15) is 26.4 Å². The van der Waals surface area contributed by atoms with Crippen LogP contribution in [0.15, 0.2) is 35.5 Å². The van der Waals surface area contributed by atoms with Crippen LogP contribution < -0.4 is 10.1 Å². The Morgan fingerprint density at radius 2 is 1.97 bits per heavy atom. The molecule has 0 bridgehead atoms. The van der Waals surface area contributed by atoms with Gasteiger partial charge < -0.3 is 9.64 Å². The summed E-state index contributed by atoms with van der Waals surface area (Å²) < 4.78 is 69.8. The number of amides is 2. The SMILES string of the molecule is COc1ncnc2sc(NC(=O)N3CCC(S(=O)(=O)c4cccc(C(F)(F)F)c4)CC3)nc12. The number of likely N-dealkylation sites (tertiary alicyclic amines) is 1. The molecule has 0 atom stereocenters. The van der Waals surface area contributed by atoms with Gasteiger partial charge in [-0.1, -0.05) is 17.4 Å². The Hall–Kier alpha value is -3.00. The molecule has 1 aliphatic rings. The smallest absolute Gasteiger partial charge is 0.416 e. The summed E-state index contributed by atoms with van der Waals surface area (Å²) in [5, 5.41) is 2.06. The molecule has 0 aliphatic carbocycles. The molecule has 176 valence electrons. The fraction of sp³-hybridized carbons (Fsp3) is 0.368. The molecule has 0 saturated carbocycles. The van der Waals surface area contributed by atoms with Gasteiger partial charge in [0.15, 0.2) is 25.3 Å². The fourth-order valence-electron chi connectivity index (χ4n) is 3.52. The first kappa shape index (κ1) is 23.2. The number of anilines is 1. The standard InChI is InChI=1S/C19H18F3N5O4S2/c1-31-15-14-16(24-10-23-15)32-17(25-14)26-18(28)27-7-5-12(6-8-27)33(29,30)13-4-2-3-11(9-13)19(20,21)22/h2-4,9-10,12H,5-8H2,1H3,(H,25,26,28). The maximum absolute atomic E-state index is 13.0. The monoisotopic (exact) mass is 501 g/mol. The number of alkyl halides is 3. The number of fused-ring (bicyclic) bond motifs is 1. The Bertz CT molecular complexity index is 1290. The van der Waals surface area contributed by atoms with Crippen LogP contribution in [0.25, 0.3) is 10.3 Å². The minimum Gasteiger partial charge on any atom is -0.479 e. The van der Waals surface area contributed by atoms with E-state index < -0.39 is 32.9 Å². The number of urea groups is 1. The molecule has 9 nitrogen and oxygen atoms in total. The molecule has 2 aromatic heterocycles. The summed E-state index contributed by atoms with van der Waals surface area (Å²) in [6.45, 7) is 0.255. The number of aromatic nitrogens is 3. The second-order valence-corrected chi connectivity index (χ2v) is 10.4. The van der Waals surface area contributed by atoms with Gasteiger partial charge in [0.1, 0.15) is 6.33 Å². The molecule has 2 amide bonds. The quantitative estimate of drug-likeness (QED) is 0.581. The van der Waals surface area contributed by atoms with Crippen molar-refractivity contribution in [3.8, 4) is 5.88 Å². The van der Waals surface area contributed by atoms with Gasteiger partial charge in [0.25, 0.3) is 0 Å². The molecule has 1 saturated heterocycles. The molecular weight excluding hydrogens is 483 g/mol. The van der Waals surface area contributed by atoms with Crippen LogP contribution in [0, 0.1) is 0 Å². The molecule has 0 spiro atoms. The Morgan fingerprint density at radius 1 is 1.24 bits per heavy atom. The maximum Gasteiger partial charge on any atom is 0.416 e. The van der Waals surface area contributed by atoms with Crippen LogP contribution in [0.2, 0.25) is 0 Å². The number of benzene rings is 1. The summed E-state index contributed by atoms with van der Waals surface area (Å²) in [7, 11) is -2.53. The van der Waals surface area contributed by atoms with Crippen LogP contribution in [-0.2, 0) is 16.0 Å². The predicted octanol–water partition coefficient (Wildman–Crippen LogP) is 3.58. The molecule has 14 heteroatoms. The van der Waals surface area contributed by atoms with Crippen molar-refractivity contribution in [3.63, 3.8) is 0 Å². The third-order valence-corrected chi connectivity index (χ3v) is 8.37. The van der Waals surface area contributed by atoms with Crippen LogP contribution in [0.3, 0.4) is 0 Å². The molecule has 33 heavy (non-hydrogen) atoms. The van der Waals surface area contributed by atoms with Gasteiger partial charge in [-0.2, -0.15) is 18.2 Å². The van der Waals surface area contributed by atoms with Crippen LogP contribution >= 0.6 is 11.3 Å². The van der Waals surface area contributed by atoms with Gasteiger partial charge >= 0.3 is 12.2 Å². The van der Waals surface area contributed by atoms with Crippen molar-refractivity contribution in [1.29, 1.82) is 0 Å². The number of piperidine rings is 1. The third-order valence-electron chi connectivity index (χ3n) is 5.23. The van der Waals surface area contributed by atoms with Crippen molar-refractivity contribution in [3.05, 3.63) is 36.2 Å². The van der Waals surface area contributed by atoms with Gasteiger partial charge in [0.2, 0.25) is 5.88 Å². The number of sulfone groups is 1. The Morgan fingerprint density at radius 3 is 2.64 bits per heavy atom. The highest BCUT2D eigenvalue weighted by molar-refractivity contribution is 7.92. The number of hydrogen-bond acceptors (Lipinski definition) is 8. The lowest BCUT2D eigenvalue weighted by Crippen LogP contribution is -2.44. The van der Waals surface area contributed by atoms with Crippen LogP contribution in [-0.4, -0.2) is 59.8 Å².